The second kappa shape index (κ2) is 4.64. The Hall–Kier alpha value is -0.770. The van der Waals surface area contributed by atoms with E-state index in [0.717, 1.165) is 26.1 Å². The van der Waals surface area contributed by atoms with Crippen molar-refractivity contribution in [1.29, 1.82) is 0 Å². The molecule has 0 N–H and O–H groups in total. The summed E-state index contributed by atoms with van der Waals surface area (Å²) in [4.78, 5) is 17.5. The second-order valence-corrected chi connectivity index (χ2v) is 4.14. The first-order valence-corrected chi connectivity index (χ1v) is 5.22. The van der Waals surface area contributed by atoms with E-state index >= 15 is 0 Å². The smallest absolute Gasteiger partial charge is 0.319 e. The number of nitrogens with zero attached hydrogens (tertiary/aromatic N) is 3. The predicted octanol–water partition coefficient (Wildman–Crippen LogP) is 0.694. The van der Waals surface area contributed by atoms with Gasteiger partial charge in [0.05, 0.1) is 0 Å². The van der Waals surface area contributed by atoms with Crippen LogP contribution in [0, 0.1) is 0 Å². The van der Waals surface area contributed by atoms with E-state index < -0.39 is 0 Å². The third-order valence-corrected chi connectivity index (χ3v) is 2.94. The Labute approximate surface area is 86.5 Å². The number of likely N-dealkylation sites (tertiary alicyclic amines) is 1. The molecule has 0 aliphatic carbocycles. The molecule has 0 spiro atoms. The Morgan fingerprint density at radius 2 is 2.07 bits per heavy atom. The number of rotatable bonds is 2. The van der Waals surface area contributed by atoms with Gasteiger partial charge in [-0.2, -0.15) is 0 Å². The van der Waals surface area contributed by atoms with Crippen LogP contribution in [0.15, 0.2) is 0 Å². The molecule has 0 aromatic heterocycles. The molecule has 1 saturated heterocycles. The molecule has 0 saturated carbocycles. The van der Waals surface area contributed by atoms with Crippen molar-refractivity contribution in [3.05, 3.63) is 0 Å². The van der Waals surface area contributed by atoms with Gasteiger partial charge in [0.15, 0.2) is 0 Å². The Balaban J connectivity index is 2.45. The molecule has 1 fully saturated rings. The lowest BCUT2D eigenvalue weighted by Crippen LogP contribution is -2.40. The van der Waals surface area contributed by atoms with Crippen LogP contribution in [0.2, 0.25) is 0 Å². The molecular formula is C10H21N3O. The molecule has 14 heavy (non-hydrogen) atoms. The minimum absolute atomic E-state index is 0.136. The summed E-state index contributed by atoms with van der Waals surface area (Å²) in [7, 11) is 5.73. The number of hydrogen-bond donors (Lipinski definition) is 0. The molecule has 4 nitrogen and oxygen atoms in total. The van der Waals surface area contributed by atoms with E-state index in [4.69, 9.17) is 0 Å². The van der Waals surface area contributed by atoms with Gasteiger partial charge in [0.1, 0.15) is 0 Å². The van der Waals surface area contributed by atoms with Crippen LogP contribution in [-0.2, 0) is 0 Å². The fourth-order valence-electron chi connectivity index (χ4n) is 1.82. The minimum Gasteiger partial charge on any atom is -0.331 e. The topological polar surface area (TPSA) is 26.8 Å². The standard InChI is InChI=1S/C10H21N3O/c1-5-12(4)9-6-7-13(8-9)10(14)11(2)3/h9H,5-8H2,1-4H3. The zero-order valence-corrected chi connectivity index (χ0v) is 9.66. The molecule has 82 valence electrons. The molecule has 0 radical (unpaired) electrons. The highest BCUT2D eigenvalue weighted by atomic mass is 16.2. The van der Waals surface area contributed by atoms with Gasteiger partial charge in [-0.15, -0.1) is 0 Å². The zero-order valence-electron chi connectivity index (χ0n) is 9.66. The van der Waals surface area contributed by atoms with Gasteiger partial charge >= 0.3 is 6.03 Å². The van der Waals surface area contributed by atoms with Crippen LogP contribution in [0.1, 0.15) is 13.3 Å². The van der Waals surface area contributed by atoms with Crippen molar-refractivity contribution in [3.63, 3.8) is 0 Å². The van der Waals surface area contributed by atoms with Crippen LogP contribution in [-0.4, -0.2) is 67.5 Å². The van der Waals surface area contributed by atoms with E-state index in [1.807, 2.05) is 4.90 Å². The van der Waals surface area contributed by atoms with E-state index in [1.54, 1.807) is 19.0 Å². The quantitative estimate of drug-likeness (QED) is 0.654. The summed E-state index contributed by atoms with van der Waals surface area (Å²) in [6.45, 7) is 4.97. The van der Waals surface area contributed by atoms with Crippen LogP contribution >= 0.6 is 0 Å². The maximum Gasteiger partial charge on any atom is 0.319 e. The van der Waals surface area contributed by atoms with Crippen LogP contribution in [0.25, 0.3) is 0 Å². The minimum atomic E-state index is 0.136. The molecule has 4 heteroatoms. The maximum atomic E-state index is 11.6. The van der Waals surface area contributed by atoms with Crippen LogP contribution in [0.4, 0.5) is 4.79 Å². The summed E-state index contributed by atoms with van der Waals surface area (Å²) in [6.07, 6.45) is 1.10. The average molecular weight is 199 g/mol. The molecule has 0 aromatic rings. The molecule has 1 aliphatic heterocycles. The highest BCUT2D eigenvalue weighted by Crippen LogP contribution is 2.14. The van der Waals surface area contributed by atoms with E-state index in [2.05, 4.69) is 18.9 Å². The van der Waals surface area contributed by atoms with E-state index in [0.29, 0.717) is 6.04 Å². The van der Waals surface area contributed by atoms with Gasteiger partial charge in [-0.1, -0.05) is 6.92 Å². The molecule has 2 amide bonds. The fourth-order valence-corrected chi connectivity index (χ4v) is 1.82. The molecule has 1 unspecified atom stereocenters. The van der Waals surface area contributed by atoms with E-state index in [9.17, 15) is 4.79 Å². The molecule has 0 bridgehead atoms. The normalized spacial score (nSPS) is 21.8. The molecule has 0 aromatic carbocycles. The van der Waals surface area contributed by atoms with E-state index in [1.165, 1.54) is 0 Å². The number of carbonyl (C=O) groups is 1. The van der Waals surface area contributed by atoms with Crippen molar-refractivity contribution in [1.82, 2.24) is 14.7 Å². The van der Waals surface area contributed by atoms with Gasteiger partial charge < -0.3 is 14.7 Å². The highest BCUT2D eigenvalue weighted by Gasteiger charge is 2.28. The Bertz CT molecular complexity index is 206. The molecule has 1 heterocycles. The van der Waals surface area contributed by atoms with E-state index in [-0.39, 0.29) is 6.03 Å². The lowest BCUT2D eigenvalue weighted by Gasteiger charge is -2.24. The number of likely N-dealkylation sites (N-methyl/N-ethyl adjacent to an activating group) is 1. The third kappa shape index (κ3) is 2.38. The lowest BCUT2D eigenvalue weighted by molar-refractivity contribution is 0.175. The van der Waals surface area contributed by atoms with Crippen molar-refractivity contribution < 1.29 is 4.79 Å². The zero-order chi connectivity index (χ0) is 10.7. The Kier molecular flexibility index (Phi) is 3.75. The van der Waals surface area contributed by atoms with Crippen molar-refractivity contribution in [2.75, 3.05) is 40.8 Å². The first-order valence-electron chi connectivity index (χ1n) is 5.22. The van der Waals surface area contributed by atoms with Gasteiger partial charge in [-0.05, 0) is 20.0 Å². The fraction of sp³-hybridized carbons (Fsp3) is 0.900. The summed E-state index contributed by atoms with van der Waals surface area (Å²) in [5.41, 5.74) is 0. The number of urea groups is 1. The number of hydrogen-bond acceptors (Lipinski definition) is 2. The van der Waals surface area contributed by atoms with Crippen molar-refractivity contribution in [3.8, 4) is 0 Å². The summed E-state index contributed by atoms with van der Waals surface area (Å²) in [5.74, 6) is 0. The molecule has 1 atom stereocenters. The van der Waals surface area contributed by atoms with Gasteiger partial charge in [0, 0.05) is 33.2 Å². The molecule has 1 aliphatic rings. The van der Waals surface area contributed by atoms with Crippen LogP contribution in [0.3, 0.4) is 0 Å². The van der Waals surface area contributed by atoms with Crippen molar-refractivity contribution in [2.45, 2.75) is 19.4 Å². The summed E-state index contributed by atoms with van der Waals surface area (Å²) < 4.78 is 0. The van der Waals surface area contributed by atoms with Gasteiger partial charge in [0.2, 0.25) is 0 Å². The Morgan fingerprint density at radius 1 is 1.43 bits per heavy atom. The predicted molar refractivity (Wildman–Crippen MR) is 57.4 cm³/mol. The van der Waals surface area contributed by atoms with Gasteiger partial charge in [-0.25, -0.2) is 4.79 Å². The second-order valence-electron chi connectivity index (χ2n) is 4.14. The number of amides is 2. The van der Waals surface area contributed by atoms with Crippen LogP contribution in [0.5, 0.6) is 0 Å². The van der Waals surface area contributed by atoms with Crippen molar-refractivity contribution >= 4 is 6.03 Å². The Morgan fingerprint density at radius 3 is 2.57 bits per heavy atom. The summed E-state index contributed by atoms with van der Waals surface area (Å²) in [6, 6.07) is 0.681. The average Bonchev–Trinajstić information content (AvgIpc) is 2.64. The third-order valence-electron chi connectivity index (χ3n) is 2.94. The summed E-state index contributed by atoms with van der Waals surface area (Å²) >= 11 is 0. The largest absolute Gasteiger partial charge is 0.331 e. The highest BCUT2D eigenvalue weighted by molar-refractivity contribution is 5.74. The summed E-state index contributed by atoms with van der Waals surface area (Å²) in [5, 5.41) is 0. The number of carbonyl (C=O) groups excluding carboxylic acids is 1. The van der Waals surface area contributed by atoms with Gasteiger partial charge in [0.25, 0.3) is 0 Å². The van der Waals surface area contributed by atoms with Gasteiger partial charge in [-0.3, -0.25) is 0 Å². The molecular weight excluding hydrogens is 178 g/mol. The maximum absolute atomic E-state index is 11.6. The lowest BCUT2D eigenvalue weighted by atomic mass is 10.2. The van der Waals surface area contributed by atoms with Crippen molar-refractivity contribution in [2.24, 2.45) is 0 Å². The first kappa shape index (κ1) is 11.3. The van der Waals surface area contributed by atoms with Crippen LogP contribution < -0.4 is 0 Å². The SMILES string of the molecule is CCN(C)C1CCN(C(=O)N(C)C)C1. The monoisotopic (exact) mass is 199 g/mol. The molecule has 1 rings (SSSR count). The first-order chi connectivity index (χ1) is 6.56.